The van der Waals surface area contributed by atoms with Gasteiger partial charge in [-0.05, 0) is 25.1 Å². The van der Waals surface area contributed by atoms with Crippen molar-refractivity contribution in [2.45, 2.75) is 20.3 Å². The summed E-state index contributed by atoms with van der Waals surface area (Å²) in [6.45, 7) is 3.64. The number of ether oxygens (including phenoxy) is 1. The topological polar surface area (TPSA) is 90.4 Å². The second-order valence-electron chi connectivity index (χ2n) is 4.33. The molecular weight excluding hydrogens is 258 g/mol. The lowest BCUT2D eigenvalue weighted by Gasteiger charge is -2.08. The quantitative estimate of drug-likeness (QED) is 0.836. The first-order valence-electron chi connectivity index (χ1n) is 6.26. The lowest BCUT2D eigenvalue weighted by Crippen LogP contribution is -2.14. The zero-order valence-corrected chi connectivity index (χ0v) is 11.7. The first-order chi connectivity index (χ1) is 9.56. The molecule has 1 aromatic carbocycles. The summed E-state index contributed by atoms with van der Waals surface area (Å²) in [5, 5.41) is 6.59. The van der Waals surface area contributed by atoms with E-state index in [0.29, 0.717) is 40.6 Å². The fourth-order valence-electron chi connectivity index (χ4n) is 1.95. The fraction of sp³-hybridized carbons (Fsp3) is 0.286. The molecule has 6 nitrogen and oxygen atoms in total. The van der Waals surface area contributed by atoms with Gasteiger partial charge in [-0.25, -0.2) is 0 Å². The maximum absolute atomic E-state index is 12.3. The first-order valence-corrected chi connectivity index (χ1v) is 6.26. The molecule has 20 heavy (non-hydrogen) atoms. The number of carbonyl (C=O) groups excluding carboxylic acids is 1. The molecule has 0 aliphatic heterocycles. The van der Waals surface area contributed by atoms with Gasteiger partial charge in [-0.15, -0.1) is 0 Å². The van der Waals surface area contributed by atoms with Crippen molar-refractivity contribution in [3.05, 3.63) is 35.2 Å². The third kappa shape index (κ3) is 2.59. The van der Waals surface area contributed by atoms with E-state index in [4.69, 9.17) is 15.0 Å². The van der Waals surface area contributed by atoms with Gasteiger partial charge >= 0.3 is 0 Å². The zero-order chi connectivity index (χ0) is 14.7. The molecule has 6 heteroatoms. The highest BCUT2D eigenvalue weighted by Gasteiger charge is 2.19. The number of carbonyl (C=O) groups is 1. The highest BCUT2D eigenvalue weighted by atomic mass is 16.5. The van der Waals surface area contributed by atoms with Crippen molar-refractivity contribution in [3.8, 4) is 5.75 Å². The Bertz CT molecular complexity index is 635. The Labute approximate surface area is 116 Å². The molecule has 0 spiro atoms. The normalized spacial score (nSPS) is 10.3. The summed E-state index contributed by atoms with van der Waals surface area (Å²) in [5.41, 5.74) is 7.90. The van der Waals surface area contributed by atoms with Crippen molar-refractivity contribution in [1.29, 1.82) is 0 Å². The SMILES string of the molecule is CCc1onc(C)c1C(=O)Nc1ccc(OC)c(N)c1. The number of nitrogens with two attached hydrogens (primary N) is 1. The van der Waals surface area contributed by atoms with E-state index >= 15 is 0 Å². The van der Waals surface area contributed by atoms with Crippen LogP contribution in [0.3, 0.4) is 0 Å². The summed E-state index contributed by atoms with van der Waals surface area (Å²) in [5.74, 6) is 0.880. The number of nitrogen functional groups attached to an aromatic ring is 1. The summed E-state index contributed by atoms with van der Waals surface area (Å²) in [7, 11) is 1.54. The monoisotopic (exact) mass is 275 g/mol. The minimum atomic E-state index is -0.259. The number of hydrogen-bond donors (Lipinski definition) is 2. The molecule has 1 amide bonds. The molecule has 0 aliphatic rings. The summed E-state index contributed by atoms with van der Waals surface area (Å²) < 4.78 is 10.2. The van der Waals surface area contributed by atoms with E-state index in [2.05, 4.69) is 10.5 Å². The van der Waals surface area contributed by atoms with Crippen molar-refractivity contribution < 1.29 is 14.1 Å². The Morgan fingerprint density at radius 2 is 2.25 bits per heavy atom. The van der Waals surface area contributed by atoms with Crippen molar-refractivity contribution in [2.75, 3.05) is 18.2 Å². The van der Waals surface area contributed by atoms with Crippen LogP contribution in [0.25, 0.3) is 0 Å². The largest absolute Gasteiger partial charge is 0.495 e. The van der Waals surface area contributed by atoms with Crippen LogP contribution in [-0.2, 0) is 6.42 Å². The third-order valence-electron chi connectivity index (χ3n) is 2.97. The minimum absolute atomic E-state index is 0.259. The Kier molecular flexibility index (Phi) is 3.93. The number of nitrogens with one attached hydrogen (secondary N) is 1. The van der Waals surface area contributed by atoms with Crippen molar-refractivity contribution in [3.63, 3.8) is 0 Å². The molecule has 0 unspecified atom stereocenters. The maximum atomic E-state index is 12.3. The Morgan fingerprint density at radius 1 is 1.50 bits per heavy atom. The lowest BCUT2D eigenvalue weighted by atomic mass is 10.1. The zero-order valence-electron chi connectivity index (χ0n) is 11.7. The summed E-state index contributed by atoms with van der Waals surface area (Å²) in [6, 6.07) is 5.07. The van der Waals surface area contributed by atoms with Crippen LogP contribution in [0.5, 0.6) is 5.75 Å². The molecule has 2 rings (SSSR count). The molecule has 106 valence electrons. The number of benzene rings is 1. The van der Waals surface area contributed by atoms with Gasteiger partial charge in [0.1, 0.15) is 17.1 Å². The standard InChI is InChI=1S/C14H17N3O3/c1-4-11-13(8(2)17-20-11)14(18)16-9-5-6-12(19-3)10(15)7-9/h5-7H,4,15H2,1-3H3,(H,16,18). The molecule has 1 aromatic heterocycles. The van der Waals surface area contributed by atoms with Crippen LogP contribution < -0.4 is 15.8 Å². The lowest BCUT2D eigenvalue weighted by molar-refractivity contribution is 0.102. The second kappa shape index (κ2) is 5.64. The first kappa shape index (κ1) is 13.9. The molecule has 1 heterocycles. The minimum Gasteiger partial charge on any atom is -0.495 e. The molecule has 0 atom stereocenters. The highest BCUT2D eigenvalue weighted by Crippen LogP contribution is 2.25. The average molecular weight is 275 g/mol. The number of methoxy groups -OCH3 is 1. The van der Waals surface area contributed by atoms with Gasteiger partial charge < -0.3 is 20.3 Å². The van der Waals surface area contributed by atoms with Crippen LogP contribution in [-0.4, -0.2) is 18.2 Å². The molecule has 0 radical (unpaired) electrons. The van der Waals surface area contributed by atoms with Gasteiger partial charge in [-0.3, -0.25) is 4.79 Å². The van der Waals surface area contributed by atoms with Crippen LogP contribution in [0.15, 0.2) is 22.7 Å². The van der Waals surface area contributed by atoms with E-state index in [1.807, 2.05) is 6.92 Å². The van der Waals surface area contributed by atoms with Gasteiger partial charge in [0.05, 0.1) is 18.5 Å². The van der Waals surface area contributed by atoms with E-state index in [1.165, 1.54) is 7.11 Å². The van der Waals surface area contributed by atoms with Crippen LogP contribution in [0.4, 0.5) is 11.4 Å². The van der Waals surface area contributed by atoms with Gasteiger partial charge in [-0.2, -0.15) is 0 Å². The summed E-state index contributed by atoms with van der Waals surface area (Å²) in [4.78, 5) is 12.3. The molecule has 0 saturated carbocycles. The smallest absolute Gasteiger partial charge is 0.261 e. The molecule has 0 fully saturated rings. The van der Waals surface area contributed by atoms with Gasteiger partial charge in [0.2, 0.25) is 0 Å². The second-order valence-corrected chi connectivity index (χ2v) is 4.33. The van der Waals surface area contributed by atoms with E-state index in [-0.39, 0.29) is 5.91 Å². The Hall–Kier alpha value is -2.50. The van der Waals surface area contributed by atoms with Gasteiger partial charge in [0, 0.05) is 12.1 Å². The van der Waals surface area contributed by atoms with E-state index in [9.17, 15) is 4.79 Å². The van der Waals surface area contributed by atoms with Gasteiger partial charge in [0.25, 0.3) is 5.91 Å². The Morgan fingerprint density at radius 3 is 2.85 bits per heavy atom. The van der Waals surface area contributed by atoms with Crippen molar-refractivity contribution >= 4 is 17.3 Å². The molecule has 2 aromatic rings. The average Bonchev–Trinajstić information content (AvgIpc) is 2.80. The summed E-state index contributed by atoms with van der Waals surface area (Å²) in [6.07, 6.45) is 0.606. The van der Waals surface area contributed by atoms with Crippen LogP contribution in [0.2, 0.25) is 0 Å². The maximum Gasteiger partial charge on any atom is 0.261 e. The van der Waals surface area contributed by atoms with E-state index in [0.717, 1.165) is 0 Å². The predicted molar refractivity (Wildman–Crippen MR) is 76.0 cm³/mol. The van der Waals surface area contributed by atoms with Crippen LogP contribution >= 0.6 is 0 Å². The predicted octanol–water partition coefficient (Wildman–Crippen LogP) is 2.39. The molecule has 0 aliphatic carbocycles. The number of rotatable bonds is 4. The fourth-order valence-corrected chi connectivity index (χ4v) is 1.95. The van der Waals surface area contributed by atoms with Crippen molar-refractivity contribution in [2.24, 2.45) is 0 Å². The van der Waals surface area contributed by atoms with E-state index in [1.54, 1.807) is 25.1 Å². The van der Waals surface area contributed by atoms with Crippen LogP contribution in [0, 0.1) is 6.92 Å². The number of nitrogens with zero attached hydrogens (tertiary/aromatic N) is 1. The Balaban J connectivity index is 2.23. The number of aryl methyl sites for hydroxylation is 2. The van der Waals surface area contributed by atoms with Gasteiger partial charge in [0.15, 0.2) is 0 Å². The molecule has 3 N–H and O–H groups in total. The summed E-state index contributed by atoms with van der Waals surface area (Å²) >= 11 is 0. The highest BCUT2D eigenvalue weighted by molar-refractivity contribution is 6.05. The number of aromatic nitrogens is 1. The number of hydrogen-bond acceptors (Lipinski definition) is 5. The number of anilines is 2. The molecule has 0 saturated heterocycles. The van der Waals surface area contributed by atoms with Crippen LogP contribution in [0.1, 0.15) is 28.7 Å². The molecular formula is C14H17N3O3. The number of amides is 1. The molecule has 0 bridgehead atoms. The van der Waals surface area contributed by atoms with Crippen molar-refractivity contribution in [1.82, 2.24) is 5.16 Å². The van der Waals surface area contributed by atoms with Gasteiger partial charge in [-0.1, -0.05) is 12.1 Å². The van der Waals surface area contributed by atoms with E-state index < -0.39 is 0 Å². The third-order valence-corrected chi connectivity index (χ3v) is 2.97.